The summed E-state index contributed by atoms with van der Waals surface area (Å²) in [6.45, 7) is 0. The summed E-state index contributed by atoms with van der Waals surface area (Å²) in [6, 6.07) is 3.71. The van der Waals surface area contributed by atoms with Gasteiger partial charge in [0.15, 0.2) is 0 Å². The van der Waals surface area contributed by atoms with Crippen LogP contribution in [0.15, 0.2) is 18.3 Å². The predicted octanol–water partition coefficient (Wildman–Crippen LogP) is 2.61. The van der Waals surface area contributed by atoms with Crippen LogP contribution in [-0.2, 0) is 26.2 Å². The van der Waals surface area contributed by atoms with Gasteiger partial charge in [-0.1, -0.05) is 0 Å². The zero-order chi connectivity index (χ0) is 3.54. The molecule has 0 saturated heterocycles. The van der Waals surface area contributed by atoms with E-state index in [9.17, 15) is 0 Å². The fourth-order valence-corrected chi connectivity index (χ4v) is 0.241. The zero-order valence-corrected chi connectivity index (χ0v) is 9.69. The summed E-state index contributed by atoms with van der Waals surface area (Å²) in [4.78, 5) is 2.74. The molecular formula is C8H16NZr-5. The van der Waals surface area contributed by atoms with E-state index >= 15 is 0 Å². The van der Waals surface area contributed by atoms with Crippen LogP contribution in [0.5, 0.6) is 0 Å². The fraction of sp³-hybridized carbons (Fsp3) is 0. The quantitative estimate of drug-likeness (QED) is 0.643. The van der Waals surface area contributed by atoms with Gasteiger partial charge in [0.25, 0.3) is 0 Å². The molecule has 0 saturated carbocycles. The second-order valence-electron chi connectivity index (χ2n) is 0.814. The maximum Gasteiger partial charge on any atom is 0 e. The van der Waals surface area contributed by atoms with Gasteiger partial charge in [-0.25, -0.2) is 0 Å². The zero-order valence-electron chi connectivity index (χ0n) is 7.23. The topological polar surface area (TPSA) is 15.8 Å². The van der Waals surface area contributed by atoms with Gasteiger partial charge in [-0.3, -0.25) is 0 Å². The minimum Gasteiger partial charge on any atom is -0.484 e. The van der Waals surface area contributed by atoms with Crippen molar-refractivity contribution in [2.45, 2.75) is 0 Å². The summed E-state index contributed by atoms with van der Waals surface area (Å²) in [6.07, 6.45) is 4.56. The summed E-state index contributed by atoms with van der Waals surface area (Å²) < 4.78 is 0. The second kappa shape index (κ2) is 22.9. The Morgan fingerprint density at radius 1 is 1.00 bits per heavy atom. The van der Waals surface area contributed by atoms with Crippen LogP contribution in [0, 0.1) is 35.9 Å². The average Bonchev–Trinajstić information content (AvgIpc) is 1.76. The average molecular weight is 217 g/mol. The first-order valence-electron chi connectivity index (χ1n) is 1.49. The van der Waals surface area contributed by atoms with Crippen molar-refractivity contribution in [3.8, 4) is 0 Å². The maximum absolute atomic E-state index is 2.74. The van der Waals surface area contributed by atoms with Crippen molar-refractivity contribution >= 4 is 0 Å². The number of nitrogens with one attached hydrogen (secondary N) is 1. The standard InChI is InChI=1S/C4H4N.4CH3.Zr/c1-2-4-5-3-1;;;;;/h1-3,5H;4*1H3;/q5*-1;. The number of aromatic nitrogens is 1. The third-order valence-electron chi connectivity index (χ3n) is 0.442. The normalized spacial score (nSPS) is 4.00. The van der Waals surface area contributed by atoms with Crippen LogP contribution in [0.4, 0.5) is 0 Å². The Morgan fingerprint density at radius 3 is 1.60 bits per heavy atom. The van der Waals surface area contributed by atoms with Gasteiger partial charge in [0, 0.05) is 26.2 Å². The second-order valence-corrected chi connectivity index (χ2v) is 0.814. The largest absolute Gasteiger partial charge is 0.484 e. The van der Waals surface area contributed by atoms with E-state index in [1.165, 1.54) is 0 Å². The molecule has 10 heavy (non-hydrogen) atoms. The van der Waals surface area contributed by atoms with Gasteiger partial charge in [-0.05, 0) is 0 Å². The van der Waals surface area contributed by atoms with Crippen LogP contribution in [0.2, 0.25) is 0 Å². The van der Waals surface area contributed by atoms with Crippen molar-refractivity contribution in [1.82, 2.24) is 4.98 Å². The third-order valence-corrected chi connectivity index (χ3v) is 0.442. The molecule has 1 aromatic rings. The SMILES string of the molecule is [CH3-].[CH3-].[CH3-].[CH3-].[Zr].[c-]1ccc[nH]1. The molecule has 0 atom stereocenters. The van der Waals surface area contributed by atoms with Gasteiger partial charge in [-0.15, -0.1) is 6.20 Å². The van der Waals surface area contributed by atoms with E-state index in [1.807, 2.05) is 18.3 Å². The Bertz CT molecular complexity index is 65.7. The summed E-state index contributed by atoms with van der Waals surface area (Å²) in [5.41, 5.74) is 0. The minimum atomic E-state index is 0. The molecule has 0 aliphatic carbocycles. The Hall–Kier alpha value is 0.163. The van der Waals surface area contributed by atoms with Crippen LogP contribution >= 0.6 is 0 Å². The van der Waals surface area contributed by atoms with E-state index in [1.54, 1.807) is 0 Å². The van der Waals surface area contributed by atoms with Gasteiger partial charge in [0.1, 0.15) is 0 Å². The Kier molecular flexibility index (Phi) is 73.3. The minimum absolute atomic E-state index is 0. The molecule has 1 rings (SSSR count). The molecule has 0 fully saturated rings. The molecule has 0 aliphatic rings. The molecule has 0 amide bonds. The van der Waals surface area contributed by atoms with Crippen molar-refractivity contribution in [1.29, 1.82) is 0 Å². The van der Waals surface area contributed by atoms with Gasteiger partial charge >= 0.3 is 0 Å². The molecule has 0 radical (unpaired) electrons. The van der Waals surface area contributed by atoms with Crippen molar-refractivity contribution < 1.29 is 26.2 Å². The first-order valence-corrected chi connectivity index (χ1v) is 1.49. The molecule has 0 spiro atoms. The van der Waals surface area contributed by atoms with E-state index in [0.717, 1.165) is 0 Å². The number of H-pyrrole nitrogens is 1. The summed E-state index contributed by atoms with van der Waals surface area (Å²) in [5, 5.41) is 0. The summed E-state index contributed by atoms with van der Waals surface area (Å²) in [7, 11) is 0. The Labute approximate surface area is 85.4 Å². The number of rotatable bonds is 0. The van der Waals surface area contributed by atoms with Gasteiger partial charge in [0.2, 0.25) is 0 Å². The molecule has 1 N–H and O–H groups in total. The number of hydrogen-bond donors (Lipinski definition) is 1. The Morgan fingerprint density at radius 2 is 1.50 bits per heavy atom. The smallest absolute Gasteiger partial charge is 0 e. The number of aromatic amines is 1. The van der Waals surface area contributed by atoms with Gasteiger partial charge in [0.05, 0.1) is 0 Å². The summed E-state index contributed by atoms with van der Waals surface area (Å²) >= 11 is 0. The van der Waals surface area contributed by atoms with E-state index in [2.05, 4.69) is 11.2 Å². The first-order chi connectivity index (χ1) is 2.50. The molecule has 0 aromatic carbocycles. The summed E-state index contributed by atoms with van der Waals surface area (Å²) in [5.74, 6) is 0. The van der Waals surface area contributed by atoms with Crippen LogP contribution < -0.4 is 0 Å². The van der Waals surface area contributed by atoms with Crippen LogP contribution in [0.3, 0.4) is 0 Å². The van der Waals surface area contributed by atoms with Crippen LogP contribution in [-0.4, -0.2) is 4.98 Å². The van der Waals surface area contributed by atoms with Crippen molar-refractivity contribution in [2.24, 2.45) is 0 Å². The molecule has 1 aromatic heterocycles. The molecule has 62 valence electrons. The Balaban J connectivity index is -0.0000000167. The number of hydrogen-bond acceptors (Lipinski definition) is 0. The van der Waals surface area contributed by atoms with E-state index in [4.69, 9.17) is 0 Å². The van der Waals surface area contributed by atoms with Gasteiger partial charge in [-0.2, -0.15) is 18.3 Å². The third kappa shape index (κ3) is 15.7. The predicted molar refractivity (Wildman–Crippen MR) is 45.3 cm³/mol. The van der Waals surface area contributed by atoms with E-state index in [-0.39, 0.29) is 55.9 Å². The monoisotopic (exact) mass is 216 g/mol. The van der Waals surface area contributed by atoms with Crippen LogP contribution in [0.1, 0.15) is 0 Å². The fourth-order valence-electron chi connectivity index (χ4n) is 0.241. The molecule has 1 heterocycles. The molecular weight excluding hydrogens is 201 g/mol. The van der Waals surface area contributed by atoms with Crippen molar-refractivity contribution in [3.63, 3.8) is 0 Å². The van der Waals surface area contributed by atoms with Crippen molar-refractivity contribution in [2.75, 3.05) is 0 Å². The van der Waals surface area contributed by atoms with Gasteiger partial charge < -0.3 is 34.7 Å². The molecule has 2 heteroatoms. The first kappa shape index (κ1) is 32.0. The van der Waals surface area contributed by atoms with E-state index in [0.29, 0.717) is 0 Å². The molecule has 0 aliphatic heterocycles. The molecule has 0 unspecified atom stereocenters. The molecule has 0 bridgehead atoms. The maximum atomic E-state index is 2.74. The van der Waals surface area contributed by atoms with Crippen molar-refractivity contribution in [3.05, 3.63) is 54.2 Å². The van der Waals surface area contributed by atoms with E-state index < -0.39 is 0 Å². The molecule has 1 nitrogen and oxygen atoms in total. The van der Waals surface area contributed by atoms with Crippen LogP contribution in [0.25, 0.3) is 0 Å².